The van der Waals surface area contributed by atoms with Gasteiger partial charge in [0.15, 0.2) is 0 Å². The summed E-state index contributed by atoms with van der Waals surface area (Å²) in [6.45, 7) is 12.7. The molecule has 3 aliphatic rings. The van der Waals surface area contributed by atoms with Crippen molar-refractivity contribution in [1.29, 1.82) is 0 Å². The summed E-state index contributed by atoms with van der Waals surface area (Å²) in [5.41, 5.74) is -0.755. The standard InChI is InChI=1S/C38H50N4O8S/c1-8-27-21-38(27,34(45)41-51(47,48)29-18-19-29)40-32(43)31-22-37(49-7,28-16-14-26(15-17-28)25-12-10-9-11-13-25)23-42(31)33(44)30(20-24(2)3)39-35(46)50-36(4,5)6/h8-17,24,27,29-31H,1,18-23H2,2-7H3,(H,39,46)(H,40,43)(H,41,45)/t27-,30+,31+,37+,38+/m1/s1. The highest BCUT2D eigenvalue weighted by atomic mass is 32.2. The zero-order valence-corrected chi connectivity index (χ0v) is 31.0. The molecule has 1 aliphatic heterocycles. The summed E-state index contributed by atoms with van der Waals surface area (Å²) >= 11 is 0. The maximum Gasteiger partial charge on any atom is 0.408 e. The second-order valence-corrected chi connectivity index (χ2v) is 17.3. The topological polar surface area (TPSA) is 160 Å². The third-order valence-electron chi connectivity index (χ3n) is 9.76. The first kappa shape index (κ1) is 38.0. The van der Waals surface area contributed by atoms with Crippen LogP contribution in [0.3, 0.4) is 0 Å². The summed E-state index contributed by atoms with van der Waals surface area (Å²) in [4.78, 5) is 56.7. The van der Waals surface area contributed by atoms with E-state index in [1.165, 1.54) is 18.1 Å². The van der Waals surface area contributed by atoms with Crippen LogP contribution in [0, 0.1) is 11.8 Å². The van der Waals surface area contributed by atoms with Crippen molar-refractivity contribution in [2.24, 2.45) is 11.8 Å². The van der Waals surface area contributed by atoms with Crippen LogP contribution < -0.4 is 15.4 Å². The SMILES string of the molecule is C=C[C@@H]1C[C@@]1(NC(=O)[C@@H]1C[C@@](OC)(c2ccc(-c3ccccc3)cc2)CN1C(=O)[C@H](CC(C)C)NC(=O)OC(C)(C)C)C(=O)NS(=O)(=O)C1CC1. The van der Waals surface area contributed by atoms with E-state index in [0.29, 0.717) is 12.8 Å². The monoisotopic (exact) mass is 722 g/mol. The van der Waals surface area contributed by atoms with E-state index in [4.69, 9.17) is 9.47 Å². The number of rotatable bonds is 13. The Labute approximate surface area is 300 Å². The quantitative estimate of drug-likeness (QED) is 0.257. The Hall–Kier alpha value is -4.23. The summed E-state index contributed by atoms with van der Waals surface area (Å²) in [5.74, 6) is -2.52. The van der Waals surface area contributed by atoms with Crippen molar-refractivity contribution < 1.29 is 37.1 Å². The zero-order valence-electron chi connectivity index (χ0n) is 30.2. The number of carbonyl (C=O) groups excluding carboxylic acids is 4. The van der Waals surface area contributed by atoms with Gasteiger partial charge in [-0.05, 0) is 69.1 Å². The number of hydrogen-bond acceptors (Lipinski definition) is 8. The smallest absolute Gasteiger partial charge is 0.408 e. The van der Waals surface area contributed by atoms with Crippen LogP contribution in [0.15, 0.2) is 67.3 Å². The van der Waals surface area contributed by atoms with Crippen molar-refractivity contribution >= 4 is 33.8 Å². The molecule has 2 aliphatic carbocycles. The summed E-state index contributed by atoms with van der Waals surface area (Å²) in [6.07, 6.45) is 2.12. The van der Waals surface area contributed by atoms with E-state index in [0.717, 1.165) is 16.7 Å². The molecule has 3 N–H and O–H groups in total. The predicted octanol–water partition coefficient (Wildman–Crippen LogP) is 4.40. The molecule has 1 saturated heterocycles. The number of amides is 4. The summed E-state index contributed by atoms with van der Waals surface area (Å²) in [5, 5.41) is 4.91. The van der Waals surface area contributed by atoms with Crippen LogP contribution in [0.2, 0.25) is 0 Å². The number of sulfonamides is 1. The maximum atomic E-state index is 14.5. The second kappa shape index (κ2) is 14.4. The molecule has 0 aromatic heterocycles. The van der Waals surface area contributed by atoms with E-state index >= 15 is 0 Å². The average Bonchev–Trinajstić information content (AvgIpc) is 4.00. The molecule has 51 heavy (non-hydrogen) atoms. The molecule has 12 nitrogen and oxygen atoms in total. The Morgan fingerprint density at radius 3 is 2.16 bits per heavy atom. The van der Waals surface area contributed by atoms with Gasteiger partial charge in [-0.25, -0.2) is 13.2 Å². The number of methoxy groups -OCH3 is 1. The fourth-order valence-corrected chi connectivity index (χ4v) is 8.14. The minimum absolute atomic E-state index is 0.0123. The zero-order chi connectivity index (χ0) is 37.4. The van der Waals surface area contributed by atoms with Crippen LogP contribution in [0.25, 0.3) is 11.1 Å². The van der Waals surface area contributed by atoms with Crippen molar-refractivity contribution in [3.63, 3.8) is 0 Å². The van der Waals surface area contributed by atoms with Gasteiger partial charge in [0.25, 0.3) is 5.91 Å². The minimum atomic E-state index is -3.89. The minimum Gasteiger partial charge on any atom is -0.444 e. The van der Waals surface area contributed by atoms with E-state index in [-0.39, 0.29) is 31.7 Å². The van der Waals surface area contributed by atoms with E-state index in [1.54, 1.807) is 20.8 Å². The molecule has 3 fully saturated rings. The number of likely N-dealkylation sites (tertiary alicyclic amines) is 1. The molecule has 0 radical (unpaired) electrons. The van der Waals surface area contributed by atoms with Crippen LogP contribution in [0.5, 0.6) is 0 Å². The molecule has 0 spiro atoms. The number of ether oxygens (including phenoxy) is 2. The summed E-state index contributed by atoms with van der Waals surface area (Å²) < 4.78 is 39.2. The highest BCUT2D eigenvalue weighted by molar-refractivity contribution is 7.91. The van der Waals surface area contributed by atoms with Crippen molar-refractivity contribution in [2.75, 3.05) is 13.7 Å². The van der Waals surface area contributed by atoms with Gasteiger partial charge in [0.1, 0.15) is 28.8 Å². The molecule has 5 rings (SSSR count). The largest absolute Gasteiger partial charge is 0.444 e. The molecular weight excluding hydrogens is 673 g/mol. The number of alkyl carbamates (subject to hydrolysis) is 1. The van der Waals surface area contributed by atoms with E-state index in [2.05, 4.69) is 21.9 Å². The number of carbonyl (C=O) groups is 4. The summed E-state index contributed by atoms with van der Waals surface area (Å²) in [7, 11) is -2.37. The van der Waals surface area contributed by atoms with Crippen molar-refractivity contribution in [3.8, 4) is 11.1 Å². The molecule has 4 amide bonds. The van der Waals surface area contributed by atoms with Gasteiger partial charge in [-0.3, -0.25) is 19.1 Å². The van der Waals surface area contributed by atoms with Gasteiger partial charge < -0.3 is 25.0 Å². The Balaban J connectivity index is 1.48. The molecule has 2 saturated carbocycles. The second-order valence-electron chi connectivity index (χ2n) is 15.3. The highest BCUT2D eigenvalue weighted by Crippen LogP contribution is 2.46. The van der Waals surface area contributed by atoms with Gasteiger partial charge >= 0.3 is 6.09 Å². The first-order valence-corrected chi connectivity index (χ1v) is 19.0. The summed E-state index contributed by atoms with van der Waals surface area (Å²) in [6, 6.07) is 15.4. The molecule has 13 heteroatoms. The fraction of sp³-hybridized carbons (Fsp3) is 0.526. The van der Waals surface area contributed by atoms with Gasteiger partial charge in [0.05, 0.1) is 11.8 Å². The maximum absolute atomic E-state index is 14.5. The molecule has 1 heterocycles. The molecule has 2 aromatic rings. The van der Waals surface area contributed by atoms with Crippen LogP contribution in [-0.4, -0.2) is 79.3 Å². The van der Waals surface area contributed by atoms with E-state index < -0.39 is 73.8 Å². The van der Waals surface area contributed by atoms with Gasteiger partial charge in [0, 0.05) is 19.4 Å². The number of hydrogen-bond donors (Lipinski definition) is 3. The number of benzene rings is 2. The molecule has 276 valence electrons. The third-order valence-corrected chi connectivity index (χ3v) is 11.6. The first-order valence-electron chi connectivity index (χ1n) is 17.5. The predicted molar refractivity (Wildman–Crippen MR) is 193 cm³/mol. The molecule has 2 aromatic carbocycles. The van der Waals surface area contributed by atoms with Crippen molar-refractivity contribution in [2.45, 2.75) is 101 Å². The normalized spacial score (nSPS) is 25.1. The van der Waals surface area contributed by atoms with Crippen molar-refractivity contribution in [1.82, 2.24) is 20.3 Å². The lowest BCUT2D eigenvalue weighted by molar-refractivity contribution is -0.141. The number of nitrogens with zero attached hydrogens (tertiary/aromatic N) is 1. The average molecular weight is 723 g/mol. The molecule has 5 atom stereocenters. The lowest BCUT2D eigenvalue weighted by Gasteiger charge is -2.32. The number of nitrogens with one attached hydrogen (secondary N) is 3. The van der Waals surface area contributed by atoms with Crippen LogP contribution >= 0.6 is 0 Å². The molecule has 0 bridgehead atoms. The van der Waals surface area contributed by atoms with Crippen LogP contribution in [-0.2, 0) is 39.5 Å². The Kier molecular flexibility index (Phi) is 10.7. The lowest BCUT2D eigenvalue weighted by atomic mass is 9.89. The Bertz CT molecular complexity index is 1750. The van der Waals surface area contributed by atoms with Crippen LogP contribution in [0.4, 0.5) is 4.79 Å². The van der Waals surface area contributed by atoms with Gasteiger partial charge in [-0.2, -0.15) is 0 Å². The lowest BCUT2D eigenvalue weighted by Crippen LogP contribution is -2.58. The Morgan fingerprint density at radius 2 is 1.63 bits per heavy atom. The van der Waals surface area contributed by atoms with Gasteiger partial charge in [0.2, 0.25) is 21.8 Å². The fourth-order valence-electron chi connectivity index (χ4n) is 6.77. The van der Waals surface area contributed by atoms with Gasteiger partial charge in [-0.15, -0.1) is 6.58 Å². The third kappa shape index (κ3) is 8.47. The van der Waals surface area contributed by atoms with Crippen LogP contribution in [0.1, 0.15) is 72.3 Å². The van der Waals surface area contributed by atoms with Crippen molar-refractivity contribution in [3.05, 3.63) is 72.8 Å². The highest BCUT2D eigenvalue weighted by Gasteiger charge is 2.62. The Morgan fingerprint density at radius 1 is 1.00 bits per heavy atom. The van der Waals surface area contributed by atoms with E-state index in [1.807, 2.05) is 68.4 Å². The molecule has 0 unspecified atom stereocenters. The van der Waals surface area contributed by atoms with E-state index in [9.17, 15) is 27.6 Å². The molecular formula is C38H50N4O8S. The van der Waals surface area contributed by atoms with Gasteiger partial charge in [-0.1, -0.05) is 74.5 Å². The first-order chi connectivity index (χ1) is 23.9.